The Labute approximate surface area is 157 Å². The summed E-state index contributed by atoms with van der Waals surface area (Å²) in [5.74, 6) is 0.654. The molecule has 4 nitrogen and oxygen atoms in total. The number of hydrogen-bond donors (Lipinski definition) is 1. The van der Waals surface area contributed by atoms with E-state index < -0.39 is 0 Å². The number of pyridine rings is 1. The highest BCUT2D eigenvalue weighted by Gasteiger charge is 2.19. The third kappa shape index (κ3) is 3.41. The molecule has 26 heavy (non-hydrogen) atoms. The molecule has 1 aliphatic rings. The second-order valence-electron chi connectivity index (χ2n) is 6.25. The number of para-hydroxylation sites is 1. The van der Waals surface area contributed by atoms with Crippen LogP contribution in [0.4, 0.5) is 17.2 Å². The van der Waals surface area contributed by atoms with E-state index >= 15 is 0 Å². The Morgan fingerprint density at radius 2 is 1.96 bits per heavy atom. The maximum absolute atomic E-state index is 12.4. The Balaban J connectivity index is 1.53. The molecule has 1 amide bonds. The fraction of sp³-hybridized carbons (Fsp3) is 0.143. The molecule has 0 aliphatic carbocycles. The lowest BCUT2D eigenvalue weighted by Crippen LogP contribution is -2.25. The number of benzene rings is 2. The number of aryl methyl sites for hydroxylation is 1. The van der Waals surface area contributed by atoms with Crippen molar-refractivity contribution in [2.45, 2.75) is 12.8 Å². The number of fused-ring (bicyclic) bond motifs is 1. The number of carbonyl (C=O) groups is 1. The van der Waals surface area contributed by atoms with Crippen LogP contribution in [0.15, 0.2) is 66.9 Å². The number of rotatable bonds is 3. The van der Waals surface area contributed by atoms with Crippen LogP contribution in [0.1, 0.15) is 22.3 Å². The van der Waals surface area contributed by atoms with Crippen molar-refractivity contribution in [1.82, 2.24) is 4.98 Å². The van der Waals surface area contributed by atoms with E-state index in [1.165, 1.54) is 11.3 Å². The van der Waals surface area contributed by atoms with E-state index in [1.54, 1.807) is 36.5 Å². The van der Waals surface area contributed by atoms with Crippen LogP contribution in [0, 0.1) is 0 Å². The molecule has 1 aromatic heterocycles. The number of halogens is 1. The van der Waals surface area contributed by atoms with Crippen LogP contribution in [0.25, 0.3) is 0 Å². The van der Waals surface area contributed by atoms with Gasteiger partial charge >= 0.3 is 0 Å². The molecular weight excluding hydrogens is 346 g/mol. The van der Waals surface area contributed by atoms with Crippen LogP contribution in [0.5, 0.6) is 0 Å². The van der Waals surface area contributed by atoms with Crippen molar-refractivity contribution in [2.75, 3.05) is 16.8 Å². The van der Waals surface area contributed by atoms with E-state index in [1.807, 2.05) is 12.1 Å². The summed E-state index contributed by atoms with van der Waals surface area (Å²) in [6.07, 6.45) is 3.80. The second kappa shape index (κ2) is 7.18. The molecule has 5 heteroatoms. The summed E-state index contributed by atoms with van der Waals surface area (Å²) in [7, 11) is 0. The fourth-order valence-electron chi connectivity index (χ4n) is 3.22. The summed E-state index contributed by atoms with van der Waals surface area (Å²) in [4.78, 5) is 19.1. The largest absolute Gasteiger partial charge is 0.326 e. The zero-order valence-corrected chi connectivity index (χ0v) is 14.9. The standard InChI is InChI=1S/C21H18ClN3O/c22-17-7-3-8-18(13-17)24-21(26)16-10-11-20(23-14-16)25-12-4-6-15-5-1-2-9-19(15)25/h1-3,5,7-11,13-14H,4,6,12H2,(H,24,26). The highest BCUT2D eigenvalue weighted by atomic mass is 35.5. The second-order valence-corrected chi connectivity index (χ2v) is 6.69. The third-order valence-electron chi connectivity index (χ3n) is 4.48. The van der Waals surface area contributed by atoms with Crippen LogP contribution in [-0.2, 0) is 6.42 Å². The topological polar surface area (TPSA) is 45.2 Å². The zero-order chi connectivity index (χ0) is 17.9. The number of amides is 1. The normalized spacial score (nSPS) is 13.2. The van der Waals surface area contributed by atoms with Gasteiger partial charge < -0.3 is 10.2 Å². The van der Waals surface area contributed by atoms with Crippen LogP contribution < -0.4 is 10.2 Å². The molecule has 0 spiro atoms. The Kier molecular flexibility index (Phi) is 4.59. The van der Waals surface area contributed by atoms with Gasteiger partial charge in [-0.2, -0.15) is 0 Å². The quantitative estimate of drug-likeness (QED) is 0.706. The maximum Gasteiger partial charge on any atom is 0.257 e. The van der Waals surface area contributed by atoms with Gasteiger partial charge in [-0.05, 0) is 54.8 Å². The molecule has 0 atom stereocenters. The van der Waals surface area contributed by atoms with E-state index in [-0.39, 0.29) is 5.91 Å². The van der Waals surface area contributed by atoms with Crippen LogP contribution in [0.2, 0.25) is 5.02 Å². The maximum atomic E-state index is 12.4. The SMILES string of the molecule is O=C(Nc1cccc(Cl)c1)c1ccc(N2CCCc3ccccc32)nc1. The Bertz CT molecular complexity index is 940. The Hall–Kier alpha value is -2.85. The van der Waals surface area contributed by atoms with Gasteiger partial charge in [0.2, 0.25) is 0 Å². The van der Waals surface area contributed by atoms with Crippen LogP contribution in [0.3, 0.4) is 0 Å². The van der Waals surface area contributed by atoms with E-state index in [2.05, 4.69) is 33.4 Å². The molecule has 0 bridgehead atoms. The molecule has 0 fully saturated rings. The summed E-state index contributed by atoms with van der Waals surface area (Å²) < 4.78 is 0. The first-order valence-electron chi connectivity index (χ1n) is 8.59. The summed E-state index contributed by atoms with van der Waals surface area (Å²) in [6, 6.07) is 19.2. The smallest absolute Gasteiger partial charge is 0.257 e. The van der Waals surface area contributed by atoms with Crippen molar-refractivity contribution in [3.8, 4) is 0 Å². The first-order chi connectivity index (χ1) is 12.7. The molecule has 0 saturated heterocycles. The number of carbonyl (C=O) groups excluding carboxylic acids is 1. The van der Waals surface area contributed by atoms with Gasteiger partial charge in [0.15, 0.2) is 0 Å². The van der Waals surface area contributed by atoms with Crippen molar-refractivity contribution >= 4 is 34.7 Å². The molecule has 1 aliphatic heterocycles. The molecule has 0 saturated carbocycles. The first kappa shape index (κ1) is 16.6. The minimum Gasteiger partial charge on any atom is -0.326 e. The molecule has 0 radical (unpaired) electrons. The highest BCUT2D eigenvalue weighted by Crippen LogP contribution is 2.32. The van der Waals surface area contributed by atoms with Crippen molar-refractivity contribution in [2.24, 2.45) is 0 Å². The van der Waals surface area contributed by atoms with Crippen molar-refractivity contribution in [3.63, 3.8) is 0 Å². The molecule has 0 unspecified atom stereocenters. The van der Waals surface area contributed by atoms with Gasteiger partial charge in [-0.15, -0.1) is 0 Å². The Morgan fingerprint density at radius 3 is 2.77 bits per heavy atom. The van der Waals surface area contributed by atoms with Gasteiger partial charge in [0, 0.05) is 29.1 Å². The van der Waals surface area contributed by atoms with Gasteiger partial charge in [-0.25, -0.2) is 4.98 Å². The highest BCUT2D eigenvalue weighted by molar-refractivity contribution is 6.30. The van der Waals surface area contributed by atoms with Crippen molar-refractivity contribution in [1.29, 1.82) is 0 Å². The average molecular weight is 364 g/mol. The van der Waals surface area contributed by atoms with Gasteiger partial charge in [0.05, 0.1) is 5.56 Å². The number of nitrogens with one attached hydrogen (secondary N) is 1. The van der Waals surface area contributed by atoms with Crippen molar-refractivity contribution < 1.29 is 4.79 Å². The van der Waals surface area contributed by atoms with Crippen LogP contribution in [-0.4, -0.2) is 17.4 Å². The fourth-order valence-corrected chi connectivity index (χ4v) is 3.41. The van der Waals surface area contributed by atoms with E-state index in [0.717, 1.165) is 25.2 Å². The lowest BCUT2D eigenvalue weighted by atomic mass is 10.0. The minimum absolute atomic E-state index is 0.203. The van der Waals surface area contributed by atoms with E-state index in [9.17, 15) is 4.79 Å². The van der Waals surface area contributed by atoms with Gasteiger partial charge in [0.25, 0.3) is 5.91 Å². The van der Waals surface area contributed by atoms with Gasteiger partial charge in [0.1, 0.15) is 5.82 Å². The monoisotopic (exact) mass is 363 g/mol. The predicted octanol–water partition coefficient (Wildman–Crippen LogP) is 5.07. The van der Waals surface area contributed by atoms with Gasteiger partial charge in [-0.1, -0.05) is 35.9 Å². The number of hydrogen-bond acceptors (Lipinski definition) is 3. The molecule has 2 aromatic carbocycles. The molecule has 1 N–H and O–H groups in total. The zero-order valence-electron chi connectivity index (χ0n) is 14.2. The van der Waals surface area contributed by atoms with Crippen LogP contribution >= 0.6 is 11.6 Å². The summed E-state index contributed by atoms with van der Waals surface area (Å²) in [5.41, 5.74) is 3.71. The van der Waals surface area contributed by atoms with Gasteiger partial charge in [-0.3, -0.25) is 4.79 Å². The number of aromatic nitrogens is 1. The minimum atomic E-state index is -0.203. The lowest BCUT2D eigenvalue weighted by molar-refractivity contribution is 0.102. The number of nitrogens with zero attached hydrogens (tertiary/aromatic N) is 2. The molecule has 3 aromatic rings. The van der Waals surface area contributed by atoms with E-state index in [4.69, 9.17) is 11.6 Å². The lowest BCUT2D eigenvalue weighted by Gasteiger charge is -2.30. The number of anilines is 3. The molecule has 2 heterocycles. The molecular formula is C21H18ClN3O. The predicted molar refractivity (Wildman–Crippen MR) is 105 cm³/mol. The third-order valence-corrected chi connectivity index (χ3v) is 4.71. The summed E-state index contributed by atoms with van der Waals surface area (Å²) >= 11 is 5.95. The first-order valence-corrected chi connectivity index (χ1v) is 8.97. The average Bonchev–Trinajstić information content (AvgIpc) is 2.68. The molecule has 130 valence electrons. The Morgan fingerprint density at radius 1 is 1.08 bits per heavy atom. The summed E-state index contributed by atoms with van der Waals surface area (Å²) in [6.45, 7) is 0.929. The van der Waals surface area contributed by atoms with E-state index in [0.29, 0.717) is 16.3 Å². The summed E-state index contributed by atoms with van der Waals surface area (Å²) in [5, 5.41) is 3.42. The van der Waals surface area contributed by atoms with Crippen molar-refractivity contribution in [3.05, 3.63) is 83.0 Å². The molecule has 4 rings (SSSR count).